The molecule has 0 bridgehead atoms. The normalized spacial score (nSPS) is 20.3. The molecule has 22 heavy (non-hydrogen) atoms. The zero-order chi connectivity index (χ0) is 16.0. The smallest absolute Gasteiger partial charge is 0.344 e. The third-order valence-corrected chi connectivity index (χ3v) is 5.29. The molecule has 2 atom stereocenters. The standard InChI is InChI=1S/C17H25NO3S/c1-3-18(4-2)11-12-21-16(19)17(20,14-8-5-6-9-14)15-10-7-13-22-15/h5,7-8,10,13-14,20H,3-4,6,9,11-12H2,1-2H3. The summed E-state index contributed by atoms with van der Waals surface area (Å²) in [4.78, 5) is 15.4. The van der Waals surface area contributed by atoms with Crippen LogP contribution in [-0.2, 0) is 15.1 Å². The van der Waals surface area contributed by atoms with E-state index in [1.165, 1.54) is 11.3 Å². The van der Waals surface area contributed by atoms with Gasteiger partial charge in [0.05, 0.1) is 0 Å². The van der Waals surface area contributed by atoms with E-state index < -0.39 is 11.6 Å². The first-order valence-corrected chi connectivity index (χ1v) is 8.83. The van der Waals surface area contributed by atoms with Crippen LogP contribution in [0.2, 0.25) is 0 Å². The van der Waals surface area contributed by atoms with Crippen LogP contribution in [0.3, 0.4) is 0 Å². The van der Waals surface area contributed by atoms with E-state index in [4.69, 9.17) is 4.74 Å². The second-order valence-electron chi connectivity index (χ2n) is 5.52. The first kappa shape index (κ1) is 17.2. The van der Waals surface area contributed by atoms with Gasteiger partial charge in [-0.25, -0.2) is 4.79 Å². The minimum atomic E-state index is -1.55. The first-order chi connectivity index (χ1) is 10.6. The lowest BCUT2D eigenvalue weighted by Crippen LogP contribution is -2.43. The molecule has 1 aliphatic rings. The first-order valence-electron chi connectivity index (χ1n) is 7.95. The van der Waals surface area contributed by atoms with Crippen LogP contribution in [0, 0.1) is 5.92 Å². The molecule has 1 N–H and O–H groups in total. The Morgan fingerprint density at radius 3 is 2.82 bits per heavy atom. The van der Waals surface area contributed by atoms with Crippen molar-refractivity contribution < 1.29 is 14.6 Å². The van der Waals surface area contributed by atoms with Crippen molar-refractivity contribution in [2.75, 3.05) is 26.2 Å². The fourth-order valence-electron chi connectivity index (χ4n) is 2.83. The van der Waals surface area contributed by atoms with Crippen molar-refractivity contribution in [3.8, 4) is 0 Å². The number of aliphatic hydroxyl groups is 1. The molecule has 0 saturated carbocycles. The molecule has 122 valence electrons. The van der Waals surface area contributed by atoms with E-state index in [2.05, 4.69) is 18.7 Å². The fourth-order valence-corrected chi connectivity index (χ4v) is 3.70. The molecule has 0 radical (unpaired) electrons. The van der Waals surface area contributed by atoms with Gasteiger partial charge in [-0.2, -0.15) is 0 Å². The van der Waals surface area contributed by atoms with Gasteiger partial charge in [0.25, 0.3) is 0 Å². The molecule has 0 fully saturated rings. The van der Waals surface area contributed by atoms with Crippen LogP contribution in [-0.4, -0.2) is 42.2 Å². The maximum absolute atomic E-state index is 12.6. The van der Waals surface area contributed by atoms with E-state index >= 15 is 0 Å². The Kier molecular flexibility index (Phi) is 6.17. The van der Waals surface area contributed by atoms with Crippen LogP contribution in [0.5, 0.6) is 0 Å². The summed E-state index contributed by atoms with van der Waals surface area (Å²) in [6.45, 7) is 7.01. The number of hydrogen-bond acceptors (Lipinski definition) is 5. The maximum Gasteiger partial charge on any atom is 0.344 e. The van der Waals surface area contributed by atoms with Crippen LogP contribution in [0.25, 0.3) is 0 Å². The Morgan fingerprint density at radius 2 is 2.27 bits per heavy atom. The van der Waals surface area contributed by atoms with Gasteiger partial charge in [-0.05, 0) is 37.4 Å². The van der Waals surface area contributed by atoms with Gasteiger partial charge in [-0.3, -0.25) is 0 Å². The highest BCUT2D eigenvalue weighted by molar-refractivity contribution is 7.10. The van der Waals surface area contributed by atoms with Crippen LogP contribution in [0.4, 0.5) is 0 Å². The van der Waals surface area contributed by atoms with E-state index in [1.54, 1.807) is 0 Å². The van der Waals surface area contributed by atoms with Gasteiger partial charge in [0.2, 0.25) is 5.60 Å². The van der Waals surface area contributed by atoms with Crippen molar-refractivity contribution >= 4 is 17.3 Å². The van der Waals surface area contributed by atoms with Crippen LogP contribution < -0.4 is 0 Å². The number of likely N-dealkylation sites (N-methyl/N-ethyl adjacent to an activating group) is 1. The molecule has 0 aliphatic heterocycles. The highest BCUT2D eigenvalue weighted by atomic mass is 32.1. The predicted molar refractivity (Wildman–Crippen MR) is 88.8 cm³/mol. The third kappa shape index (κ3) is 3.59. The summed E-state index contributed by atoms with van der Waals surface area (Å²) >= 11 is 1.40. The van der Waals surface area contributed by atoms with Crippen molar-refractivity contribution in [3.05, 3.63) is 34.5 Å². The summed E-state index contributed by atoms with van der Waals surface area (Å²) in [5, 5.41) is 13.0. The number of esters is 1. The fraction of sp³-hybridized carbons (Fsp3) is 0.588. The lowest BCUT2D eigenvalue weighted by Gasteiger charge is -2.30. The molecular weight excluding hydrogens is 298 g/mol. The quantitative estimate of drug-likeness (QED) is 0.590. The van der Waals surface area contributed by atoms with E-state index in [0.29, 0.717) is 18.0 Å². The molecule has 4 nitrogen and oxygen atoms in total. The topological polar surface area (TPSA) is 49.8 Å². The molecule has 1 heterocycles. The minimum Gasteiger partial charge on any atom is -0.462 e. The summed E-state index contributed by atoms with van der Waals surface area (Å²) < 4.78 is 5.42. The Labute approximate surface area is 136 Å². The number of ether oxygens (including phenoxy) is 1. The lowest BCUT2D eigenvalue weighted by atomic mass is 9.85. The highest BCUT2D eigenvalue weighted by Gasteiger charge is 2.47. The number of rotatable bonds is 8. The number of thiophene rings is 1. The second-order valence-corrected chi connectivity index (χ2v) is 6.47. The van der Waals surface area contributed by atoms with Crippen molar-refractivity contribution in [3.63, 3.8) is 0 Å². The predicted octanol–water partition coefficient (Wildman–Crippen LogP) is 2.79. The number of carbonyl (C=O) groups is 1. The average molecular weight is 323 g/mol. The van der Waals surface area contributed by atoms with Crippen LogP contribution >= 0.6 is 11.3 Å². The van der Waals surface area contributed by atoms with E-state index in [9.17, 15) is 9.90 Å². The minimum absolute atomic E-state index is 0.202. The van der Waals surface area contributed by atoms with Crippen molar-refractivity contribution in [2.24, 2.45) is 5.92 Å². The Bertz CT molecular complexity index is 496. The van der Waals surface area contributed by atoms with Crippen LogP contribution in [0.15, 0.2) is 29.7 Å². The monoisotopic (exact) mass is 323 g/mol. The molecule has 1 aromatic rings. The number of carbonyl (C=O) groups excluding carboxylic acids is 1. The van der Waals surface area contributed by atoms with Crippen molar-refractivity contribution in [1.82, 2.24) is 4.90 Å². The van der Waals surface area contributed by atoms with Crippen molar-refractivity contribution in [1.29, 1.82) is 0 Å². The van der Waals surface area contributed by atoms with Gasteiger partial charge < -0.3 is 14.7 Å². The molecule has 0 spiro atoms. The maximum atomic E-state index is 12.6. The SMILES string of the molecule is CCN(CC)CCOC(=O)C(O)(c1cccs1)C1C=CCC1. The van der Waals surface area contributed by atoms with Gasteiger partial charge in [-0.15, -0.1) is 11.3 Å². The zero-order valence-electron chi connectivity index (χ0n) is 13.3. The number of hydrogen-bond donors (Lipinski definition) is 1. The van der Waals surface area contributed by atoms with Gasteiger partial charge in [0.15, 0.2) is 0 Å². The van der Waals surface area contributed by atoms with E-state index in [1.807, 2.05) is 29.7 Å². The molecule has 0 amide bonds. The summed E-state index contributed by atoms with van der Waals surface area (Å²) in [5.74, 6) is -0.731. The van der Waals surface area contributed by atoms with Gasteiger partial charge in [0.1, 0.15) is 6.61 Å². The average Bonchev–Trinajstić information content (AvgIpc) is 3.24. The highest BCUT2D eigenvalue weighted by Crippen LogP contribution is 2.40. The summed E-state index contributed by atoms with van der Waals surface area (Å²) in [5.41, 5.74) is -1.55. The number of allylic oxidation sites excluding steroid dienone is 1. The summed E-state index contributed by atoms with van der Waals surface area (Å²) in [6, 6.07) is 3.66. The van der Waals surface area contributed by atoms with Crippen molar-refractivity contribution in [2.45, 2.75) is 32.3 Å². The Balaban J connectivity index is 2.06. The Hall–Kier alpha value is -1.17. The summed E-state index contributed by atoms with van der Waals surface area (Å²) in [7, 11) is 0. The largest absolute Gasteiger partial charge is 0.462 e. The molecule has 1 aliphatic carbocycles. The molecule has 0 aromatic carbocycles. The molecule has 2 unspecified atom stereocenters. The second kappa shape index (κ2) is 7.90. The summed E-state index contributed by atoms with van der Waals surface area (Å²) in [6.07, 6.45) is 5.63. The zero-order valence-corrected chi connectivity index (χ0v) is 14.1. The van der Waals surface area contributed by atoms with Gasteiger partial charge >= 0.3 is 5.97 Å². The van der Waals surface area contributed by atoms with Crippen LogP contribution in [0.1, 0.15) is 31.6 Å². The molecular formula is C17H25NO3S. The molecule has 0 saturated heterocycles. The molecule has 5 heteroatoms. The van der Waals surface area contributed by atoms with Gasteiger partial charge in [-0.1, -0.05) is 32.1 Å². The Morgan fingerprint density at radius 1 is 1.50 bits per heavy atom. The lowest BCUT2D eigenvalue weighted by molar-refractivity contribution is -0.171. The van der Waals surface area contributed by atoms with E-state index in [0.717, 1.165) is 25.9 Å². The van der Waals surface area contributed by atoms with Gasteiger partial charge in [0, 0.05) is 17.3 Å². The molecule has 1 aromatic heterocycles. The third-order valence-electron chi connectivity index (χ3n) is 4.29. The van der Waals surface area contributed by atoms with E-state index in [-0.39, 0.29) is 5.92 Å². The molecule has 2 rings (SSSR count). The number of nitrogens with zero attached hydrogens (tertiary/aromatic N) is 1.